The smallest absolute Gasteiger partial charge is 0.0573 e. The molecule has 100 valence electrons. The number of hydrogen-bond acceptors (Lipinski definition) is 3. The first kappa shape index (κ1) is 13.5. The van der Waals surface area contributed by atoms with Crippen molar-refractivity contribution in [1.29, 1.82) is 0 Å². The number of aromatic nitrogens is 1. The van der Waals surface area contributed by atoms with E-state index in [2.05, 4.69) is 35.1 Å². The van der Waals surface area contributed by atoms with Crippen molar-refractivity contribution in [2.45, 2.75) is 45.7 Å². The second kappa shape index (κ2) is 6.86. The van der Waals surface area contributed by atoms with Gasteiger partial charge in [-0.05, 0) is 50.5 Å². The van der Waals surface area contributed by atoms with E-state index in [-0.39, 0.29) is 0 Å². The molecule has 2 heterocycles. The van der Waals surface area contributed by atoms with Crippen LogP contribution in [0.1, 0.15) is 37.9 Å². The van der Waals surface area contributed by atoms with E-state index in [4.69, 9.17) is 0 Å². The summed E-state index contributed by atoms with van der Waals surface area (Å²) in [7, 11) is 0. The average molecular weight is 247 g/mol. The number of nitrogens with one attached hydrogen (secondary N) is 1. The normalized spacial score (nSPS) is 18.1. The van der Waals surface area contributed by atoms with E-state index in [0.717, 1.165) is 13.0 Å². The molecule has 0 aliphatic carbocycles. The second-order valence-corrected chi connectivity index (χ2v) is 5.05. The lowest BCUT2D eigenvalue weighted by molar-refractivity contribution is 0.205. The molecule has 0 radical (unpaired) electrons. The van der Waals surface area contributed by atoms with Crippen molar-refractivity contribution in [3.8, 4) is 0 Å². The zero-order chi connectivity index (χ0) is 12.8. The van der Waals surface area contributed by atoms with Gasteiger partial charge in [0.2, 0.25) is 0 Å². The predicted octanol–water partition coefficient (Wildman–Crippen LogP) is 2.22. The van der Waals surface area contributed by atoms with Gasteiger partial charge in [-0.2, -0.15) is 0 Å². The summed E-state index contributed by atoms with van der Waals surface area (Å²) in [5.41, 5.74) is 2.59. The Bertz CT molecular complexity index is 357. The molecule has 0 aromatic carbocycles. The van der Waals surface area contributed by atoms with E-state index in [0.29, 0.717) is 6.04 Å². The van der Waals surface area contributed by atoms with Crippen molar-refractivity contribution >= 4 is 0 Å². The van der Waals surface area contributed by atoms with Crippen LogP contribution in [-0.4, -0.2) is 35.6 Å². The monoisotopic (exact) mass is 247 g/mol. The average Bonchev–Trinajstić information content (AvgIpc) is 2.46. The molecule has 1 saturated heterocycles. The quantitative estimate of drug-likeness (QED) is 0.865. The fourth-order valence-electron chi connectivity index (χ4n) is 2.65. The molecule has 1 aromatic heterocycles. The minimum atomic E-state index is 0.666. The summed E-state index contributed by atoms with van der Waals surface area (Å²) in [4.78, 5) is 7.02. The van der Waals surface area contributed by atoms with Crippen molar-refractivity contribution in [3.05, 3.63) is 29.6 Å². The molecule has 1 fully saturated rings. The lowest BCUT2D eigenvalue weighted by Gasteiger charge is -2.31. The van der Waals surface area contributed by atoms with Gasteiger partial charge in [0.15, 0.2) is 0 Å². The minimum absolute atomic E-state index is 0.666. The predicted molar refractivity (Wildman–Crippen MR) is 75.6 cm³/mol. The second-order valence-electron chi connectivity index (χ2n) is 5.05. The van der Waals surface area contributed by atoms with Gasteiger partial charge in [-0.25, -0.2) is 0 Å². The van der Waals surface area contributed by atoms with Crippen LogP contribution in [0.2, 0.25) is 0 Å². The van der Waals surface area contributed by atoms with Gasteiger partial charge in [0.25, 0.3) is 0 Å². The molecule has 3 heteroatoms. The minimum Gasteiger partial charge on any atom is -0.308 e. The molecule has 1 aromatic rings. The highest BCUT2D eigenvalue weighted by molar-refractivity contribution is 5.19. The molecule has 0 bridgehead atoms. The third kappa shape index (κ3) is 3.53. The Balaban J connectivity index is 1.81. The number of hydrogen-bond donors (Lipinski definition) is 1. The van der Waals surface area contributed by atoms with Crippen molar-refractivity contribution < 1.29 is 0 Å². The highest BCUT2D eigenvalue weighted by atomic mass is 15.1. The maximum absolute atomic E-state index is 4.49. The Morgan fingerprint density at radius 3 is 2.78 bits per heavy atom. The van der Waals surface area contributed by atoms with Gasteiger partial charge in [0.05, 0.1) is 5.69 Å². The highest BCUT2D eigenvalue weighted by Crippen LogP contribution is 2.11. The van der Waals surface area contributed by atoms with Crippen LogP contribution in [0.3, 0.4) is 0 Å². The SMILES string of the molecule is CCc1cccnc1CNC1CCN(CC)CC1. The van der Waals surface area contributed by atoms with Gasteiger partial charge in [-0.15, -0.1) is 0 Å². The lowest BCUT2D eigenvalue weighted by atomic mass is 10.0. The number of nitrogens with zero attached hydrogens (tertiary/aromatic N) is 2. The first-order chi connectivity index (χ1) is 8.83. The van der Waals surface area contributed by atoms with Crippen molar-refractivity contribution in [1.82, 2.24) is 15.2 Å². The fraction of sp³-hybridized carbons (Fsp3) is 0.667. The molecule has 1 aliphatic heterocycles. The van der Waals surface area contributed by atoms with E-state index in [9.17, 15) is 0 Å². The van der Waals surface area contributed by atoms with Crippen LogP contribution in [0.25, 0.3) is 0 Å². The van der Waals surface area contributed by atoms with Gasteiger partial charge in [0.1, 0.15) is 0 Å². The van der Waals surface area contributed by atoms with Gasteiger partial charge < -0.3 is 10.2 Å². The number of aryl methyl sites for hydroxylation is 1. The molecule has 0 saturated carbocycles. The largest absolute Gasteiger partial charge is 0.308 e. The van der Waals surface area contributed by atoms with Crippen LogP contribution in [0.15, 0.2) is 18.3 Å². The van der Waals surface area contributed by atoms with Crippen LogP contribution in [0.4, 0.5) is 0 Å². The van der Waals surface area contributed by atoms with Gasteiger partial charge in [0, 0.05) is 18.8 Å². The standard InChI is InChI=1S/C15H25N3/c1-3-13-6-5-9-16-15(13)12-17-14-7-10-18(4-2)11-8-14/h5-6,9,14,17H,3-4,7-8,10-12H2,1-2H3. The number of rotatable bonds is 5. The van der Waals surface area contributed by atoms with Crippen LogP contribution >= 0.6 is 0 Å². The van der Waals surface area contributed by atoms with Crippen molar-refractivity contribution in [2.24, 2.45) is 0 Å². The molecule has 0 spiro atoms. The molecule has 0 amide bonds. The maximum atomic E-state index is 4.49. The Morgan fingerprint density at radius 2 is 2.11 bits per heavy atom. The molecule has 1 aliphatic rings. The summed E-state index contributed by atoms with van der Waals surface area (Å²) >= 11 is 0. The zero-order valence-electron chi connectivity index (χ0n) is 11.7. The number of likely N-dealkylation sites (tertiary alicyclic amines) is 1. The van der Waals surface area contributed by atoms with Gasteiger partial charge >= 0.3 is 0 Å². The zero-order valence-corrected chi connectivity index (χ0v) is 11.7. The first-order valence-corrected chi connectivity index (χ1v) is 7.22. The summed E-state index contributed by atoms with van der Waals surface area (Å²) < 4.78 is 0. The van der Waals surface area contributed by atoms with Crippen LogP contribution in [0, 0.1) is 0 Å². The first-order valence-electron chi connectivity index (χ1n) is 7.22. The molecular weight excluding hydrogens is 222 g/mol. The van der Waals surface area contributed by atoms with Gasteiger partial charge in [-0.3, -0.25) is 4.98 Å². The molecule has 3 nitrogen and oxygen atoms in total. The summed E-state index contributed by atoms with van der Waals surface area (Å²) in [5.74, 6) is 0. The number of pyridine rings is 1. The Hall–Kier alpha value is -0.930. The molecule has 2 rings (SSSR count). The van der Waals surface area contributed by atoms with E-state index in [1.165, 1.54) is 43.7 Å². The van der Waals surface area contributed by atoms with Gasteiger partial charge in [-0.1, -0.05) is 19.9 Å². The summed E-state index contributed by atoms with van der Waals surface area (Å²) in [5, 5.41) is 3.67. The molecule has 1 N–H and O–H groups in total. The third-order valence-corrected chi connectivity index (χ3v) is 3.96. The number of piperidine rings is 1. The third-order valence-electron chi connectivity index (χ3n) is 3.96. The maximum Gasteiger partial charge on any atom is 0.0573 e. The fourth-order valence-corrected chi connectivity index (χ4v) is 2.65. The molecule has 18 heavy (non-hydrogen) atoms. The van der Waals surface area contributed by atoms with Crippen LogP contribution < -0.4 is 5.32 Å². The molecule has 0 unspecified atom stereocenters. The Kier molecular flexibility index (Phi) is 5.14. The topological polar surface area (TPSA) is 28.2 Å². The molecular formula is C15H25N3. The summed E-state index contributed by atoms with van der Waals surface area (Å²) in [6.07, 6.45) is 5.50. The lowest BCUT2D eigenvalue weighted by Crippen LogP contribution is -2.42. The van der Waals surface area contributed by atoms with Crippen LogP contribution in [0.5, 0.6) is 0 Å². The Labute approximate surface area is 111 Å². The highest BCUT2D eigenvalue weighted by Gasteiger charge is 2.17. The van der Waals surface area contributed by atoms with Crippen LogP contribution in [-0.2, 0) is 13.0 Å². The molecule has 0 atom stereocenters. The Morgan fingerprint density at radius 1 is 1.33 bits per heavy atom. The summed E-state index contributed by atoms with van der Waals surface area (Å²) in [6.45, 7) is 9.01. The van der Waals surface area contributed by atoms with E-state index in [1.807, 2.05) is 12.3 Å². The van der Waals surface area contributed by atoms with Crippen molar-refractivity contribution in [2.75, 3.05) is 19.6 Å². The van der Waals surface area contributed by atoms with E-state index >= 15 is 0 Å². The van der Waals surface area contributed by atoms with E-state index < -0.39 is 0 Å². The van der Waals surface area contributed by atoms with E-state index in [1.54, 1.807) is 0 Å². The summed E-state index contributed by atoms with van der Waals surface area (Å²) in [6, 6.07) is 4.88. The van der Waals surface area contributed by atoms with Crippen molar-refractivity contribution in [3.63, 3.8) is 0 Å².